The Kier molecular flexibility index (Phi) is 3.07. The molecule has 2 aromatic carbocycles. The quantitative estimate of drug-likeness (QED) is 0.835. The van der Waals surface area contributed by atoms with Gasteiger partial charge in [-0.25, -0.2) is 0 Å². The third-order valence-electron chi connectivity index (χ3n) is 4.71. The second-order valence-electron chi connectivity index (χ2n) is 6.07. The largest absolute Gasteiger partial charge is 0.331 e. The number of aliphatic imine (C=N–C) groups is 1. The molecule has 2 heterocycles. The van der Waals surface area contributed by atoms with E-state index in [9.17, 15) is 4.79 Å². The second kappa shape index (κ2) is 5.09. The fourth-order valence-electron chi connectivity index (χ4n) is 3.37. The van der Waals surface area contributed by atoms with Gasteiger partial charge in [0.15, 0.2) is 0 Å². The van der Waals surface area contributed by atoms with Crippen molar-refractivity contribution in [2.24, 2.45) is 4.99 Å². The van der Waals surface area contributed by atoms with E-state index >= 15 is 0 Å². The zero-order valence-corrected chi connectivity index (χ0v) is 12.6. The molecule has 0 spiro atoms. The fraction of sp³-hybridized carbons (Fsp3) is 0.263. The monoisotopic (exact) mass is 290 g/mol. The molecule has 2 aliphatic rings. The van der Waals surface area contributed by atoms with Gasteiger partial charge in [-0.05, 0) is 40.8 Å². The minimum absolute atomic E-state index is 0.101. The molecule has 1 atom stereocenters. The van der Waals surface area contributed by atoms with Crippen LogP contribution in [0, 0.1) is 0 Å². The predicted molar refractivity (Wildman–Crippen MR) is 86.9 cm³/mol. The molecule has 4 rings (SSSR count). The van der Waals surface area contributed by atoms with Gasteiger partial charge in [0.25, 0.3) is 0 Å². The molecule has 0 aliphatic carbocycles. The Balaban J connectivity index is 1.67. The molecular formula is C19H18N2O. The third kappa shape index (κ3) is 2.13. The van der Waals surface area contributed by atoms with Crippen LogP contribution in [0.4, 0.5) is 0 Å². The van der Waals surface area contributed by atoms with E-state index in [0.29, 0.717) is 13.0 Å². The van der Waals surface area contributed by atoms with Crippen molar-refractivity contribution in [3.8, 4) is 0 Å². The summed E-state index contributed by atoms with van der Waals surface area (Å²) in [7, 11) is 0. The number of nitrogens with zero attached hydrogens (tertiary/aromatic N) is 2. The number of fused-ring (bicyclic) bond motifs is 2. The van der Waals surface area contributed by atoms with Gasteiger partial charge in [0.05, 0.1) is 19.0 Å². The Bertz CT molecular complexity index is 765. The van der Waals surface area contributed by atoms with Crippen LogP contribution in [0.3, 0.4) is 0 Å². The summed E-state index contributed by atoms with van der Waals surface area (Å²) < 4.78 is 0. The number of hydrogen-bond acceptors (Lipinski definition) is 2. The maximum atomic E-state index is 12.6. The van der Waals surface area contributed by atoms with E-state index < -0.39 is 0 Å². The number of rotatable bonds is 2. The summed E-state index contributed by atoms with van der Waals surface area (Å²) in [6, 6.07) is 14.7. The van der Waals surface area contributed by atoms with Crippen LogP contribution in [-0.2, 0) is 24.3 Å². The van der Waals surface area contributed by atoms with Crippen LogP contribution >= 0.6 is 0 Å². The highest BCUT2D eigenvalue weighted by molar-refractivity contribution is 5.87. The highest BCUT2D eigenvalue weighted by Crippen LogP contribution is 2.30. The Hall–Kier alpha value is -2.42. The summed E-state index contributed by atoms with van der Waals surface area (Å²) in [5, 5.41) is 0. The lowest BCUT2D eigenvalue weighted by atomic mass is 9.92. The van der Waals surface area contributed by atoms with Crippen molar-refractivity contribution >= 4 is 12.1 Å². The van der Waals surface area contributed by atoms with E-state index in [-0.39, 0.29) is 11.9 Å². The third-order valence-corrected chi connectivity index (χ3v) is 4.71. The van der Waals surface area contributed by atoms with Crippen LogP contribution in [0.25, 0.3) is 0 Å². The van der Waals surface area contributed by atoms with Crippen LogP contribution in [-0.4, -0.2) is 17.0 Å². The smallest absolute Gasteiger partial charge is 0.227 e. The van der Waals surface area contributed by atoms with Gasteiger partial charge in [0.2, 0.25) is 5.91 Å². The number of benzene rings is 2. The van der Waals surface area contributed by atoms with E-state index in [1.54, 1.807) is 0 Å². The van der Waals surface area contributed by atoms with Crippen molar-refractivity contribution in [1.82, 2.24) is 4.90 Å². The average Bonchev–Trinajstić information content (AvgIpc) is 2.99. The van der Waals surface area contributed by atoms with E-state index in [1.165, 1.54) is 27.8 Å². The first-order valence-corrected chi connectivity index (χ1v) is 7.71. The molecule has 0 saturated carbocycles. The second-order valence-corrected chi connectivity index (χ2v) is 6.07. The molecule has 3 nitrogen and oxygen atoms in total. The van der Waals surface area contributed by atoms with Gasteiger partial charge in [-0.3, -0.25) is 9.79 Å². The van der Waals surface area contributed by atoms with Crippen molar-refractivity contribution in [2.75, 3.05) is 0 Å². The first-order chi connectivity index (χ1) is 10.7. The van der Waals surface area contributed by atoms with Crippen LogP contribution < -0.4 is 0 Å². The number of carbonyl (C=O) groups excluding carboxylic acids is 1. The lowest BCUT2D eigenvalue weighted by Gasteiger charge is -2.34. The highest BCUT2D eigenvalue weighted by atomic mass is 16.2. The molecular weight excluding hydrogens is 272 g/mol. The van der Waals surface area contributed by atoms with E-state index in [0.717, 1.165) is 6.54 Å². The van der Waals surface area contributed by atoms with Crippen LogP contribution in [0.1, 0.15) is 40.8 Å². The molecule has 1 amide bonds. The standard InChI is InChI=1S/C19H18N2O/c1-13(14-5-3-2-4-6-14)21-12-18-8-17-11-20-10-16(17)7-15(18)9-19(21)22/h2-8,11,13H,9-10,12H2,1H3/t13-/m1/s1. The average molecular weight is 290 g/mol. The molecule has 2 aromatic rings. The Morgan fingerprint density at radius 3 is 2.73 bits per heavy atom. The molecule has 22 heavy (non-hydrogen) atoms. The van der Waals surface area contributed by atoms with Gasteiger partial charge in [0.1, 0.15) is 0 Å². The van der Waals surface area contributed by atoms with Gasteiger partial charge < -0.3 is 4.90 Å². The predicted octanol–water partition coefficient (Wildman–Crippen LogP) is 3.27. The minimum Gasteiger partial charge on any atom is -0.331 e. The lowest BCUT2D eigenvalue weighted by molar-refractivity contribution is -0.134. The van der Waals surface area contributed by atoms with Crippen LogP contribution in [0.15, 0.2) is 47.5 Å². The van der Waals surface area contributed by atoms with Crippen molar-refractivity contribution in [3.63, 3.8) is 0 Å². The molecule has 0 saturated heterocycles. The van der Waals surface area contributed by atoms with Crippen LogP contribution in [0.5, 0.6) is 0 Å². The molecule has 110 valence electrons. The van der Waals surface area contributed by atoms with E-state index in [1.807, 2.05) is 29.3 Å². The molecule has 0 bridgehead atoms. The van der Waals surface area contributed by atoms with Gasteiger partial charge in [0, 0.05) is 12.8 Å². The Labute approximate surface area is 130 Å². The molecule has 0 fully saturated rings. The topological polar surface area (TPSA) is 32.7 Å². The number of hydrogen-bond donors (Lipinski definition) is 0. The zero-order chi connectivity index (χ0) is 15.1. The maximum absolute atomic E-state index is 12.6. The van der Waals surface area contributed by atoms with Gasteiger partial charge >= 0.3 is 0 Å². The van der Waals surface area contributed by atoms with Gasteiger partial charge in [-0.1, -0.05) is 36.4 Å². The summed E-state index contributed by atoms with van der Waals surface area (Å²) in [6.07, 6.45) is 2.44. The van der Waals surface area contributed by atoms with Crippen molar-refractivity contribution in [1.29, 1.82) is 0 Å². The minimum atomic E-state index is 0.101. The maximum Gasteiger partial charge on any atom is 0.227 e. The molecule has 0 N–H and O–H groups in total. The lowest BCUT2D eigenvalue weighted by Crippen LogP contribution is -2.38. The van der Waals surface area contributed by atoms with Crippen LogP contribution in [0.2, 0.25) is 0 Å². The Morgan fingerprint density at radius 2 is 1.91 bits per heavy atom. The first kappa shape index (κ1) is 13.3. The molecule has 3 heteroatoms. The van der Waals surface area contributed by atoms with Gasteiger partial charge in [-0.2, -0.15) is 0 Å². The summed E-state index contributed by atoms with van der Waals surface area (Å²) in [4.78, 5) is 18.9. The summed E-state index contributed by atoms with van der Waals surface area (Å²) in [5.74, 6) is 0.211. The fourth-order valence-corrected chi connectivity index (χ4v) is 3.37. The van der Waals surface area contributed by atoms with E-state index in [4.69, 9.17) is 0 Å². The molecule has 0 aromatic heterocycles. The van der Waals surface area contributed by atoms with E-state index in [2.05, 4.69) is 36.2 Å². The van der Waals surface area contributed by atoms with Gasteiger partial charge in [-0.15, -0.1) is 0 Å². The molecule has 0 radical (unpaired) electrons. The summed E-state index contributed by atoms with van der Waals surface area (Å²) >= 11 is 0. The molecule has 2 aliphatic heterocycles. The van der Waals surface area contributed by atoms with Crippen molar-refractivity contribution in [3.05, 3.63) is 70.3 Å². The normalized spacial score (nSPS) is 17.3. The van der Waals surface area contributed by atoms with Crippen molar-refractivity contribution < 1.29 is 4.79 Å². The van der Waals surface area contributed by atoms with Crippen molar-refractivity contribution in [2.45, 2.75) is 32.5 Å². The Morgan fingerprint density at radius 1 is 1.09 bits per heavy atom. The SMILES string of the molecule is C[C@H](c1ccccc1)N1Cc2cc3c(cc2CC1=O)CN=C3. The number of amides is 1. The summed E-state index contributed by atoms with van der Waals surface area (Å²) in [5.41, 5.74) is 6.07. The first-order valence-electron chi connectivity index (χ1n) is 7.71. The summed E-state index contributed by atoms with van der Waals surface area (Å²) in [6.45, 7) is 3.54. The highest BCUT2D eigenvalue weighted by Gasteiger charge is 2.28. The number of carbonyl (C=O) groups is 1. The molecule has 0 unspecified atom stereocenters. The zero-order valence-electron chi connectivity index (χ0n) is 12.6.